The van der Waals surface area contributed by atoms with Crippen LogP contribution >= 0.6 is 0 Å². The first-order valence-electron chi connectivity index (χ1n) is 15.8. The molecule has 0 radical (unpaired) electrons. The minimum Gasteiger partial charge on any atom is -0.496 e. The van der Waals surface area contributed by atoms with Gasteiger partial charge in [-0.25, -0.2) is 4.79 Å². The average Bonchev–Trinajstić information content (AvgIpc) is 3.08. The van der Waals surface area contributed by atoms with E-state index in [0.29, 0.717) is 30.0 Å². The van der Waals surface area contributed by atoms with Gasteiger partial charge in [-0.1, -0.05) is 18.2 Å². The zero-order valence-electron chi connectivity index (χ0n) is 27.8. The molecule has 11 heteroatoms. The highest BCUT2D eigenvalue weighted by atomic mass is 16.5. The van der Waals surface area contributed by atoms with Crippen LogP contribution in [0, 0.1) is 6.92 Å². The predicted octanol–water partition coefficient (Wildman–Crippen LogP) is 5.03. The number of para-hydroxylation sites is 1. The lowest BCUT2D eigenvalue weighted by Crippen LogP contribution is -2.47. The van der Waals surface area contributed by atoms with Gasteiger partial charge in [0.2, 0.25) is 5.91 Å². The van der Waals surface area contributed by atoms with Crippen LogP contribution in [0.3, 0.4) is 0 Å². The molecule has 0 aromatic heterocycles. The number of methoxy groups -OCH3 is 2. The number of nitrogens with zero attached hydrogens (tertiary/aromatic N) is 3. The van der Waals surface area contributed by atoms with Crippen LogP contribution in [0.5, 0.6) is 11.5 Å². The summed E-state index contributed by atoms with van der Waals surface area (Å²) in [6.07, 6.45) is 3.00. The molecule has 0 unspecified atom stereocenters. The molecule has 0 aliphatic carbocycles. The normalized spacial score (nSPS) is 13.1. The van der Waals surface area contributed by atoms with E-state index < -0.39 is 11.9 Å². The molecule has 47 heavy (non-hydrogen) atoms. The number of carbonyl (C=O) groups excluding carboxylic acids is 4. The number of esters is 1. The lowest BCUT2D eigenvalue weighted by Gasteiger charge is -2.32. The van der Waals surface area contributed by atoms with E-state index in [4.69, 9.17) is 14.2 Å². The predicted molar refractivity (Wildman–Crippen MR) is 181 cm³/mol. The summed E-state index contributed by atoms with van der Waals surface area (Å²) >= 11 is 0. The van der Waals surface area contributed by atoms with Crippen LogP contribution in [0.15, 0.2) is 60.7 Å². The van der Waals surface area contributed by atoms with E-state index in [1.165, 1.54) is 31.3 Å². The largest absolute Gasteiger partial charge is 0.496 e. The first-order valence-corrected chi connectivity index (χ1v) is 15.8. The van der Waals surface area contributed by atoms with Crippen molar-refractivity contribution in [3.8, 4) is 11.5 Å². The first-order chi connectivity index (χ1) is 22.6. The summed E-state index contributed by atoms with van der Waals surface area (Å²) in [5.74, 6) is -0.407. The van der Waals surface area contributed by atoms with Gasteiger partial charge in [0.25, 0.3) is 11.8 Å². The van der Waals surface area contributed by atoms with Gasteiger partial charge in [0.05, 0.1) is 43.3 Å². The molecule has 1 aliphatic heterocycles. The standard InChI is InChI=1S/C36H44N4O7/c1-25-14-17-30(32(23-25)47-22-10-6-7-13-33(41)40-20-18-38(2)19-21-40)39(3)35(43)26-15-16-28(31(24-26)45-4)34(42)37-29-12-9-8-11-27(29)36(44)46-5/h8-9,11-12,14-17,23-24H,6-7,10,13,18-22H2,1-5H3,(H,37,42). The maximum atomic E-state index is 13.6. The van der Waals surface area contributed by atoms with E-state index in [9.17, 15) is 19.2 Å². The molecule has 1 saturated heterocycles. The number of carbonyl (C=O) groups is 4. The highest BCUT2D eigenvalue weighted by Gasteiger charge is 2.22. The van der Waals surface area contributed by atoms with Crippen molar-refractivity contribution in [1.29, 1.82) is 0 Å². The molecule has 1 N–H and O–H groups in total. The van der Waals surface area contributed by atoms with E-state index in [1.807, 2.05) is 30.0 Å². The van der Waals surface area contributed by atoms with Gasteiger partial charge in [0, 0.05) is 45.2 Å². The Labute approximate surface area is 276 Å². The fourth-order valence-electron chi connectivity index (χ4n) is 5.35. The summed E-state index contributed by atoms with van der Waals surface area (Å²) in [6, 6.07) is 16.7. The van der Waals surface area contributed by atoms with Crippen molar-refractivity contribution in [2.75, 3.05) is 71.3 Å². The Kier molecular flexibility index (Phi) is 12.3. The number of piperazine rings is 1. The van der Waals surface area contributed by atoms with Crippen molar-refractivity contribution in [3.05, 3.63) is 82.9 Å². The molecule has 3 aromatic carbocycles. The number of hydrogen-bond donors (Lipinski definition) is 1. The van der Waals surface area contributed by atoms with Crippen molar-refractivity contribution < 1.29 is 33.4 Å². The van der Waals surface area contributed by atoms with Crippen molar-refractivity contribution in [1.82, 2.24) is 9.80 Å². The lowest BCUT2D eigenvalue weighted by molar-refractivity contribution is -0.132. The molecule has 3 aromatic rings. The van der Waals surface area contributed by atoms with Crippen LogP contribution < -0.4 is 19.7 Å². The second-order valence-electron chi connectivity index (χ2n) is 11.6. The number of hydrogen-bond acceptors (Lipinski definition) is 8. The summed E-state index contributed by atoms with van der Waals surface area (Å²) in [5.41, 5.74) is 2.60. The highest BCUT2D eigenvalue weighted by molar-refractivity contribution is 6.11. The molecule has 4 rings (SSSR count). The molecule has 0 atom stereocenters. The summed E-state index contributed by atoms with van der Waals surface area (Å²) in [5, 5.41) is 2.73. The van der Waals surface area contributed by atoms with Crippen LogP contribution in [0.2, 0.25) is 0 Å². The second-order valence-corrected chi connectivity index (χ2v) is 11.6. The van der Waals surface area contributed by atoms with Gasteiger partial charge in [0.15, 0.2) is 0 Å². The zero-order valence-corrected chi connectivity index (χ0v) is 27.8. The molecule has 11 nitrogen and oxygen atoms in total. The summed E-state index contributed by atoms with van der Waals surface area (Å²) in [7, 11) is 6.43. The van der Waals surface area contributed by atoms with Gasteiger partial charge < -0.3 is 34.2 Å². The Morgan fingerprint density at radius 2 is 1.60 bits per heavy atom. The molecule has 1 fully saturated rings. The number of amides is 3. The summed E-state index contributed by atoms with van der Waals surface area (Å²) < 4.78 is 16.4. The smallest absolute Gasteiger partial charge is 0.339 e. The Morgan fingerprint density at radius 3 is 2.32 bits per heavy atom. The topological polar surface area (TPSA) is 118 Å². The number of unbranched alkanes of at least 4 members (excludes halogenated alkanes) is 2. The van der Waals surface area contributed by atoms with Crippen molar-refractivity contribution in [3.63, 3.8) is 0 Å². The van der Waals surface area contributed by atoms with Gasteiger partial charge in [-0.2, -0.15) is 0 Å². The second kappa shape index (κ2) is 16.6. The SMILES string of the molecule is COC(=O)c1ccccc1NC(=O)c1ccc(C(=O)N(C)c2ccc(C)cc2OCCCCCC(=O)N2CCN(C)CC2)cc1OC. The lowest BCUT2D eigenvalue weighted by atomic mass is 10.1. The van der Waals surface area contributed by atoms with Crippen molar-refractivity contribution in [2.24, 2.45) is 0 Å². The van der Waals surface area contributed by atoms with Gasteiger partial charge in [0.1, 0.15) is 11.5 Å². The summed E-state index contributed by atoms with van der Waals surface area (Å²) in [4.78, 5) is 57.1. The molecular formula is C36H44N4O7. The van der Waals surface area contributed by atoms with Crippen LogP contribution in [0.1, 0.15) is 62.3 Å². The number of ether oxygens (including phenoxy) is 3. The number of anilines is 2. The molecule has 0 spiro atoms. The summed E-state index contributed by atoms with van der Waals surface area (Å²) in [6.45, 7) is 5.83. The number of rotatable bonds is 13. The first kappa shape index (κ1) is 35.0. The minimum absolute atomic E-state index is 0.191. The number of likely N-dealkylation sites (N-methyl/N-ethyl adjacent to an activating group) is 1. The maximum absolute atomic E-state index is 13.6. The van der Waals surface area contributed by atoms with E-state index in [0.717, 1.165) is 51.0 Å². The highest BCUT2D eigenvalue weighted by Crippen LogP contribution is 2.31. The number of benzene rings is 3. The molecule has 250 valence electrons. The number of aryl methyl sites for hydroxylation is 1. The third-order valence-electron chi connectivity index (χ3n) is 8.20. The molecule has 1 heterocycles. The van der Waals surface area contributed by atoms with Crippen LogP contribution in [0.25, 0.3) is 0 Å². The van der Waals surface area contributed by atoms with Crippen molar-refractivity contribution in [2.45, 2.75) is 32.6 Å². The third-order valence-corrected chi connectivity index (χ3v) is 8.20. The zero-order chi connectivity index (χ0) is 33.9. The molecule has 0 saturated carbocycles. The van der Waals surface area contributed by atoms with E-state index in [-0.39, 0.29) is 34.4 Å². The van der Waals surface area contributed by atoms with Gasteiger partial charge in [-0.05, 0) is 81.3 Å². The van der Waals surface area contributed by atoms with Gasteiger partial charge >= 0.3 is 5.97 Å². The van der Waals surface area contributed by atoms with E-state index >= 15 is 0 Å². The minimum atomic E-state index is -0.579. The van der Waals surface area contributed by atoms with Gasteiger partial charge in [-0.15, -0.1) is 0 Å². The average molecular weight is 645 g/mol. The fraction of sp³-hybridized carbons (Fsp3) is 0.389. The fourth-order valence-corrected chi connectivity index (χ4v) is 5.35. The van der Waals surface area contributed by atoms with Crippen molar-refractivity contribution >= 4 is 35.1 Å². The monoisotopic (exact) mass is 644 g/mol. The van der Waals surface area contributed by atoms with Crippen LogP contribution in [0.4, 0.5) is 11.4 Å². The number of nitrogens with one attached hydrogen (secondary N) is 1. The third kappa shape index (κ3) is 9.10. The Hall–Kier alpha value is -4.90. The Morgan fingerprint density at radius 1 is 0.851 bits per heavy atom. The van der Waals surface area contributed by atoms with Gasteiger partial charge in [-0.3, -0.25) is 14.4 Å². The molecule has 0 bridgehead atoms. The maximum Gasteiger partial charge on any atom is 0.339 e. The van der Waals surface area contributed by atoms with Crippen LogP contribution in [-0.4, -0.2) is 94.6 Å². The van der Waals surface area contributed by atoms with E-state index in [1.54, 1.807) is 37.4 Å². The molecular weight excluding hydrogens is 600 g/mol. The molecule has 3 amide bonds. The van der Waals surface area contributed by atoms with Crippen LogP contribution in [-0.2, 0) is 9.53 Å². The van der Waals surface area contributed by atoms with E-state index in [2.05, 4.69) is 17.3 Å². The Balaban J connectivity index is 1.37. The quantitative estimate of drug-likeness (QED) is 0.203. The Bertz CT molecular complexity index is 1580. The molecule has 1 aliphatic rings.